The van der Waals surface area contributed by atoms with E-state index in [2.05, 4.69) is 0 Å². The molecule has 0 bridgehead atoms. The Kier molecular flexibility index (Phi) is 3.40. The third-order valence-electron chi connectivity index (χ3n) is 3.18. The van der Waals surface area contributed by atoms with Gasteiger partial charge in [0.25, 0.3) is 0 Å². The van der Waals surface area contributed by atoms with E-state index in [4.69, 9.17) is 4.74 Å². The van der Waals surface area contributed by atoms with Gasteiger partial charge in [0, 0.05) is 0 Å². The number of methoxy groups -OCH3 is 1. The standard InChI is InChI=1S/C12H16O4S/c1-16-10-3-6-11(7-4-10)17(14,15)12-5-2-9(13)8-12/h3-4,6-7,9,12-13H,2,5,8H2,1H3. The zero-order chi connectivity index (χ0) is 12.5. The summed E-state index contributed by atoms with van der Waals surface area (Å²) in [6.45, 7) is 0. The van der Waals surface area contributed by atoms with Gasteiger partial charge in [-0.25, -0.2) is 8.42 Å². The van der Waals surface area contributed by atoms with Gasteiger partial charge >= 0.3 is 0 Å². The van der Waals surface area contributed by atoms with Crippen molar-refractivity contribution in [1.29, 1.82) is 0 Å². The summed E-state index contributed by atoms with van der Waals surface area (Å²) in [7, 11) is -1.77. The van der Waals surface area contributed by atoms with Gasteiger partial charge < -0.3 is 9.84 Å². The summed E-state index contributed by atoms with van der Waals surface area (Å²) in [5.74, 6) is 0.635. The fraction of sp³-hybridized carbons (Fsp3) is 0.500. The average molecular weight is 256 g/mol. The Hall–Kier alpha value is -1.07. The molecule has 0 amide bonds. The molecule has 0 aliphatic heterocycles. The van der Waals surface area contributed by atoms with Crippen molar-refractivity contribution in [2.75, 3.05) is 7.11 Å². The summed E-state index contributed by atoms with van der Waals surface area (Å²) < 4.78 is 29.4. The highest BCUT2D eigenvalue weighted by Gasteiger charge is 2.34. The summed E-state index contributed by atoms with van der Waals surface area (Å²) in [5, 5.41) is 8.95. The molecule has 1 fully saturated rings. The lowest BCUT2D eigenvalue weighted by molar-refractivity contribution is 0.183. The number of benzene rings is 1. The van der Waals surface area contributed by atoms with Crippen LogP contribution >= 0.6 is 0 Å². The van der Waals surface area contributed by atoms with E-state index in [1.54, 1.807) is 24.3 Å². The number of aliphatic hydroxyl groups is 1. The molecule has 94 valence electrons. The molecule has 17 heavy (non-hydrogen) atoms. The molecule has 1 N–H and O–H groups in total. The van der Waals surface area contributed by atoms with Crippen molar-refractivity contribution < 1.29 is 18.3 Å². The van der Waals surface area contributed by atoms with E-state index in [0.717, 1.165) is 0 Å². The molecule has 1 saturated carbocycles. The van der Waals surface area contributed by atoms with Crippen LogP contribution in [0.25, 0.3) is 0 Å². The number of hydrogen-bond acceptors (Lipinski definition) is 4. The largest absolute Gasteiger partial charge is 0.497 e. The van der Waals surface area contributed by atoms with E-state index in [1.807, 2.05) is 0 Å². The van der Waals surface area contributed by atoms with Crippen molar-refractivity contribution in [2.45, 2.75) is 35.5 Å². The lowest BCUT2D eigenvalue weighted by Crippen LogP contribution is -2.19. The second-order valence-electron chi connectivity index (χ2n) is 4.31. The SMILES string of the molecule is COc1ccc(S(=O)(=O)C2CCC(O)C2)cc1. The maximum Gasteiger partial charge on any atom is 0.181 e. The topological polar surface area (TPSA) is 63.6 Å². The van der Waals surface area contributed by atoms with Crippen LogP contribution in [0.1, 0.15) is 19.3 Å². The van der Waals surface area contributed by atoms with Crippen LogP contribution in [-0.2, 0) is 9.84 Å². The smallest absolute Gasteiger partial charge is 0.181 e. The molecule has 0 heterocycles. The maximum atomic E-state index is 12.2. The molecule has 0 saturated heterocycles. The minimum absolute atomic E-state index is 0.303. The lowest BCUT2D eigenvalue weighted by Gasteiger charge is -2.11. The predicted octanol–water partition coefficient (Wildman–Crippen LogP) is 1.38. The molecule has 1 aromatic carbocycles. The molecule has 1 aliphatic carbocycles. The Morgan fingerprint density at radius 3 is 2.35 bits per heavy atom. The van der Waals surface area contributed by atoms with Crippen molar-refractivity contribution in [2.24, 2.45) is 0 Å². The highest BCUT2D eigenvalue weighted by Crippen LogP contribution is 2.30. The van der Waals surface area contributed by atoms with Crippen LogP contribution in [0, 0.1) is 0 Å². The Balaban J connectivity index is 2.25. The van der Waals surface area contributed by atoms with Crippen LogP contribution in [-0.4, -0.2) is 32.0 Å². The van der Waals surface area contributed by atoms with E-state index in [9.17, 15) is 13.5 Å². The highest BCUT2D eigenvalue weighted by atomic mass is 32.2. The van der Waals surface area contributed by atoms with E-state index in [-0.39, 0.29) is 0 Å². The quantitative estimate of drug-likeness (QED) is 0.887. The van der Waals surface area contributed by atoms with Crippen molar-refractivity contribution in [3.8, 4) is 5.75 Å². The fourth-order valence-corrected chi connectivity index (χ4v) is 3.98. The van der Waals surface area contributed by atoms with Crippen molar-refractivity contribution in [1.82, 2.24) is 0 Å². The summed E-state index contributed by atoms with van der Waals surface area (Å²) >= 11 is 0. The Labute approximate surface area is 101 Å². The third-order valence-corrected chi connectivity index (χ3v) is 5.42. The van der Waals surface area contributed by atoms with Crippen LogP contribution in [0.15, 0.2) is 29.2 Å². The van der Waals surface area contributed by atoms with Gasteiger partial charge in [0.05, 0.1) is 23.4 Å². The molecule has 0 spiro atoms. The van der Waals surface area contributed by atoms with Crippen LogP contribution in [0.2, 0.25) is 0 Å². The molecule has 2 rings (SSSR count). The predicted molar refractivity (Wildman–Crippen MR) is 63.8 cm³/mol. The summed E-state index contributed by atoms with van der Waals surface area (Å²) in [5.41, 5.74) is 0. The van der Waals surface area contributed by atoms with Crippen LogP contribution in [0.5, 0.6) is 5.75 Å². The normalized spacial score (nSPS) is 24.8. The number of ether oxygens (including phenoxy) is 1. The van der Waals surface area contributed by atoms with Crippen LogP contribution < -0.4 is 4.74 Å². The third kappa shape index (κ3) is 2.45. The molecule has 1 aromatic rings. The Morgan fingerprint density at radius 2 is 1.88 bits per heavy atom. The van der Waals surface area contributed by atoms with Gasteiger partial charge in [0.2, 0.25) is 0 Å². The lowest BCUT2D eigenvalue weighted by atomic mass is 10.3. The molecule has 4 nitrogen and oxygen atoms in total. The molecule has 2 atom stereocenters. The number of rotatable bonds is 3. The Morgan fingerprint density at radius 1 is 1.24 bits per heavy atom. The minimum atomic E-state index is -3.31. The van der Waals surface area contributed by atoms with Crippen molar-refractivity contribution >= 4 is 9.84 Å². The molecule has 0 radical (unpaired) electrons. The molecular formula is C12H16O4S. The van der Waals surface area contributed by atoms with Crippen LogP contribution in [0.3, 0.4) is 0 Å². The Bertz CT molecular complexity index is 478. The molecular weight excluding hydrogens is 240 g/mol. The first-order valence-corrected chi connectivity index (χ1v) is 7.14. The summed E-state index contributed by atoms with van der Waals surface area (Å²) in [4.78, 5) is 0.303. The van der Waals surface area contributed by atoms with Gasteiger partial charge in [-0.2, -0.15) is 0 Å². The second-order valence-corrected chi connectivity index (χ2v) is 6.54. The van der Waals surface area contributed by atoms with E-state index >= 15 is 0 Å². The first-order chi connectivity index (χ1) is 8.04. The highest BCUT2D eigenvalue weighted by molar-refractivity contribution is 7.92. The first kappa shape index (κ1) is 12.4. The molecule has 5 heteroatoms. The summed E-state index contributed by atoms with van der Waals surface area (Å²) in [6, 6.07) is 6.38. The average Bonchev–Trinajstić information content (AvgIpc) is 2.77. The van der Waals surface area contributed by atoms with Gasteiger partial charge in [-0.15, -0.1) is 0 Å². The van der Waals surface area contributed by atoms with Crippen LogP contribution in [0.4, 0.5) is 0 Å². The van der Waals surface area contributed by atoms with Gasteiger partial charge in [-0.05, 0) is 43.5 Å². The maximum absolute atomic E-state index is 12.2. The van der Waals surface area contributed by atoms with Gasteiger partial charge in [-0.1, -0.05) is 0 Å². The first-order valence-electron chi connectivity index (χ1n) is 5.60. The van der Waals surface area contributed by atoms with Gasteiger partial charge in [0.15, 0.2) is 9.84 Å². The molecule has 0 aromatic heterocycles. The monoisotopic (exact) mass is 256 g/mol. The molecule has 1 aliphatic rings. The van der Waals surface area contributed by atoms with Crippen molar-refractivity contribution in [3.05, 3.63) is 24.3 Å². The van der Waals surface area contributed by atoms with Crippen molar-refractivity contribution in [3.63, 3.8) is 0 Å². The van der Waals surface area contributed by atoms with E-state index < -0.39 is 21.2 Å². The molecule has 2 unspecified atom stereocenters. The van der Waals surface area contributed by atoms with Gasteiger partial charge in [0.1, 0.15) is 5.75 Å². The minimum Gasteiger partial charge on any atom is -0.497 e. The van der Waals surface area contributed by atoms with Gasteiger partial charge in [-0.3, -0.25) is 0 Å². The zero-order valence-corrected chi connectivity index (χ0v) is 10.5. The summed E-state index contributed by atoms with van der Waals surface area (Å²) in [6.07, 6.45) is 0.970. The zero-order valence-electron chi connectivity index (χ0n) is 9.67. The second kappa shape index (κ2) is 4.66. The number of sulfone groups is 1. The fourth-order valence-electron chi connectivity index (χ4n) is 2.16. The number of hydrogen-bond donors (Lipinski definition) is 1. The van der Waals surface area contributed by atoms with E-state index in [0.29, 0.717) is 29.9 Å². The number of aliphatic hydroxyl groups excluding tert-OH is 1. The van der Waals surface area contributed by atoms with E-state index in [1.165, 1.54) is 7.11 Å².